The highest BCUT2D eigenvalue weighted by Crippen LogP contribution is 2.48. The molecule has 0 amide bonds. The van der Waals surface area contributed by atoms with Crippen LogP contribution < -0.4 is 10.2 Å². The van der Waals surface area contributed by atoms with Crippen molar-refractivity contribution in [2.24, 2.45) is 11.8 Å². The predicted octanol–water partition coefficient (Wildman–Crippen LogP) is 3.44. The number of nitrogens with zero attached hydrogens (tertiary/aromatic N) is 1. The molecule has 1 fully saturated rings. The van der Waals surface area contributed by atoms with Crippen LogP contribution >= 0.6 is 0 Å². The van der Waals surface area contributed by atoms with Gasteiger partial charge in [0.05, 0.1) is 9.79 Å². The fourth-order valence-electron chi connectivity index (χ4n) is 4.79. The average Bonchev–Trinajstić information content (AvgIpc) is 2.85. The second kappa shape index (κ2) is 6.60. The number of hydrogen-bond donors (Lipinski definition) is 1. The van der Waals surface area contributed by atoms with Crippen molar-refractivity contribution in [2.75, 3.05) is 25.0 Å². The van der Waals surface area contributed by atoms with Crippen LogP contribution in [0.5, 0.6) is 0 Å². The number of nitrogens with one attached hydrogen (secondary N) is 1. The van der Waals surface area contributed by atoms with E-state index in [1.165, 1.54) is 24.3 Å². The maximum atomic E-state index is 13.2. The molecule has 2 aliphatic heterocycles. The van der Waals surface area contributed by atoms with Crippen LogP contribution in [0.1, 0.15) is 25.3 Å². The van der Waals surface area contributed by atoms with Gasteiger partial charge in [-0.25, -0.2) is 12.8 Å². The van der Waals surface area contributed by atoms with Crippen LogP contribution in [0.2, 0.25) is 0 Å². The second-order valence-electron chi connectivity index (χ2n) is 7.92. The second-order valence-corrected chi connectivity index (χ2v) is 9.87. The summed E-state index contributed by atoms with van der Waals surface area (Å²) in [5.74, 6) is 0.724. The largest absolute Gasteiger partial charge is 0.370 e. The molecule has 1 N–H and O–H groups in total. The summed E-state index contributed by atoms with van der Waals surface area (Å²) < 4.78 is 39.3. The lowest BCUT2D eigenvalue weighted by atomic mass is 9.80. The third kappa shape index (κ3) is 2.95. The van der Waals surface area contributed by atoms with Gasteiger partial charge in [-0.05, 0) is 73.0 Å². The van der Waals surface area contributed by atoms with Crippen LogP contribution in [0.25, 0.3) is 0 Å². The summed E-state index contributed by atoms with van der Waals surface area (Å²) in [5.41, 5.74) is 2.22. The van der Waals surface area contributed by atoms with E-state index in [2.05, 4.69) is 31.1 Å². The Balaban J connectivity index is 1.80. The fourth-order valence-corrected chi connectivity index (χ4v) is 6.08. The Hall–Kier alpha value is -1.92. The standard InChI is InChI=1S/C21H25FN2O2S/c1-13-11-23-12-14(2)21-20(13)18-10-17(8-9-19(18)24(21)3)27(25,26)16-6-4-15(22)5-7-16/h4-10,13-14,20-21,23H,11-12H2,1-3H3/t13?,14?,20-,21+/m1/s1. The van der Waals surface area contributed by atoms with Crippen LogP contribution in [-0.4, -0.2) is 34.6 Å². The monoisotopic (exact) mass is 388 g/mol. The van der Waals surface area contributed by atoms with Crippen LogP contribution in [0, 0.1) is 17.7 Å². The lowest BCUT2D eigenvalue weighted by Crippen LogP contribution is -2.39. The minimum Gasteiger partial charge on any atom is -0.370 e. The summed E-state index contributed by atoms with van der Waals surface area (Å²) in [4.78, 5) is 2.71. The van der Waals surface area contributed by atoms with Crippen molar-refractivity contribution in [3.63, 3.8) is 0 Å². The number of hydrogen-bond acceptors (Lipinski definition) is 4. The number of anilines is 1. The molecule has 0 saturated carbocycles. The van der Waals surface area contributed by atoms with Crippen LogP contribution in [0.4, 0.5) is 10.1 Å². The van der Waals surface area contributed by atoms with Gasteiger partial charge in [-0.3, -0.25) is 0 Å². The summed E-state index contributed by atoms with van der Waals surface area (Å²) in [5, 5.41) is 3.52. The number of halogens is 1. The van der Waals surface area contributed by atoms with Gasteiger partial charge in [0, 0.05) is 24.7 Å². The first-order valence-corrected chi connectivity index (χ1v) is 10.9. The van der Waals surface area contributed by atoms with Gasteiger partial charge in [-0.15, -0.1) is 0 Å². The summed E-state index contributed by atoms with van der Waals surface area (Å²) >= 11 is 0. The first kappa shape index (κ1) is 18.4. The van der Waals surface area contributed by atoms with E-state index in [9.17, 15) is 12.8 Å². The van der Waals surface area contributed by atoms with Crippen molar-refractivity contribution < 1.29 is 12.8 Å². The van der Waals surface area contributed by atoms with Gasteiger partial charge in [-0.1, -0.05) is 13.8 Å². The molecule has 4 rings (SSSR count). The Labute approximate surface area is 160 Å². The number of rotatable bonds is 2. The molecule has 4 nitrogen and oxygen atoms in total. The molecule has 0 aromatic heterocycles. The van der Waals surface area contributed by atoms with Crippen molar-refractivity contribution in [1.29, 1.82) is 0 Å². The third-order valence-corrected chi connectivity index (χ3v) is 7.88. The molecule has 6 heteroatoms. The average molecular weight is 389 g/mol. The SMILES string of the molecule is CC1CNCC(C)[C@H]2[C@H]1c1cc(S(=O)(=O)c3ccc(F)cc3)ccc1N2C. The van der Waals surface area contributed by atoms with E-state index < -0.39 is 15.7 Å². The topological polar surface area (TPSA) is 49.4 Å². The molecule has 4 atom stereocenters. The zero-order chi connectivity index (χ0) is 19.3. The highest BCUT2D eigenvalue weighted by Gasteiger charge is 2.44. The minimum atomic E-state index is -3.67. The maximum Gasteiger partial charge on any atom is 0.206 e. The number of fused-ring (bicyclic) bond motifs is 3. The molecule has 0 aliphatic carbocycles. The Morgan fingerprint density at radius 1 is 1.00 bits per heavy atom. The van der Waals surface area contributed by atoms with E-state index in [1.54, 1.807) is 6.07 Å². The molecule has 2 aromatic rings. The lowest BCUT2D eigenvalue weighted by Gasteiger charge is -2.32. The van der Waals surface area contributed by atoms with E-state index in [-0.39, 0.29) is 9.79 Å². The number of sulfone groups is 1. The smallest absolute Gasteiger partial charge is 0.206 e. The molecule has 2 aromatic carbocycles. The lowest BCUT2D eigenvalue weighted by molar-refractivity contribution is 0.374. The quantitative estimate of drug-likeness (QED) is 0.801. The first-order valence-electron chi connectivity index (χ1n) is 9.39. The predicted molar refractivity (Wildman–Crippen MR) is 104 cm³/mol. The van der Waals surface area contributed by atoms with Gasteiger partial charge in [0.15, 0.2) is 0 Å². The summed E-state index contributed by atoms with van der Waals surface area (Å²) in [6.45, 7) is 6.37. The normalized spacial score (nSPS) is 27.8. The van der Waals surface area contributed by atoms with Crippen LogP contribution in [0.3, 0.4) is 0 Å². The molecule has 0 spiro atoms. The third-order valence-electron chi connectivity index (χ3n) is 6.12. The van der Waals surface area contributed by atoms with Gasteiger partial charge < -0.3 is 10.2 Å². The zero-order valence-corrected chi connectivity index (χ0v) is 16.6. The minimum absolute atomic E-state index is 0.121. The van der Waals surface area contributed by atoms with E-state index in [0.29, 0.717) is 23.8 Å². The molecule has 0 bridgehead atoms. The molecular weight excluding hydrogens is 363 g/mol. The summed E-state index contributed by atoms with van der Waals surface area (Å²) in [6, 6.07) is 10.8. The molecule has 2 unspecified atom stereocenters. The van der Waals surface area contributed by atoms with Crippen LogP contribution in [-0.2, 0) is 9.84 Å². The van der Waals surface area contributed by atoms with Crippen molar-refractivity contribution in [2.45, 2.75) is 35.6 Å². The maximum absolute atomic E-state index is 13.2. The highest BCUT2D eigenvalue weighted by molar-refractivity contribution is 7.91. The highest BCUT2D eigenvalue weighted by atomic mass is 32.2. The van der Waals surface area contributed by atoms with E-state index in [1.807, 2.05) is 12.1 Å². The molecule has 2 heterocycles. The number of likely N-dealkylation sites (N-methyl/N-ethyl adjacent to an activating group) is 1. The zero-order valence-electron chi connectivity index (χ0n) is 15.8. The molecule has 144 valence electrons. The van der Waals surface area contributed by atoms with E-state index in [0.717, 1.165) is 24.3 Å². The van der Waals surface area contributed by atoms with Gasteiger partial charge in [0.25, 0.3) is 0 Å². The van der Waals surface area contributed by atoms with E-state index >= 15 is 0 Å². The Morgan fingerprint density at radius 2 is 1.63 bits per heavy atom. The Morgan fingerprint density at radius 3 is 2.33 bits per heavy atom. The summed E-state index contributed by atoms with van der Waals surface area (Å²) in [7, 11) is -1.57. The van der Waals surface area contributed by atoms with Crippen molar-refractivity contribution in [1.82, 2.24) is 5.32 Å². The van der Waals surface area contributed by atoms with Crippen LogP contribution in [0.15, 0.2) is 52.3 Å². The van der Waals surface area contributed by atoms with Gasteiger partial charge in [0.1, 0.15) is 5.82 Å². The molecule has 1 saturated heterocycles. The van der Waals surface area contributed by atoms with Gasteiger partial charge in [0.2, 0.25) is 9.84 Å². The fraction of sp³-hybridized carbons (Fsp3) is 0.429. The summed E-state index contributed by atoms with van der Waals surface area (Å²) in [6.07, 6.45) is 0. The van der Waals surface area contributed by atoms with Gasteiger partial charge in [-0.2, -0.15) is 0 Å². The number of benzene rings is 2. The molecule has 0 radical (unpaired) electrons. The molecule has 2 aliphatic rings. The van der Waals surface area contributed by atoms with E-state index in [4.69, 9.17) is 0 Å². The Bertz CT molecular complexity index is 959. The van der Waals surface area contributed by atoms with Crippen molar-refractivity contribution in [3.8, 4) is 0 Å². The molecular formula is C21H25FN2O2S. The van der Waals surface area contributed by atoms with Gasteiger partial charge >= 0.3 is 0 Å². The molecule has 27 heavy (non-hydrogen) atoms. The Kier molecular flexibility index (Phi) is 4.51. The first-order chi connectivity index (χ1) is 12.8. The van der Waals surface area contributed by atoms with Crippen molar-refractivity contribution >= 4 is 15.5 Å². The van der Waals surface area contributed by atoms with Crippen molar-refractivity contribution in [3.05, 3.63) is 53.8 Å².